The molecule has 0 aliphatic rings. The third-order valence-corrected chi connectivity index (χ3v) is 2.20. The Labute approximate surface area is 70.4 Å². The van der Waals surface area contributed by atoms with Crippen LogP contribution in [0.15, 0.2) is 6.20 Å². The predicted octanol–water partition coefficient (Wildman–Crippen LogP) is 0.816. The Morgan fingerprint density at radius 1 is 1.67 bits per heavy atom. The van der Waals surface area contributed by atoms with E-state index in [1.807, 2.05) is 0 Å². The molecule has 0 fully saturated rings. The van der Waals surface area contributed by atoms with E-state index < -0.39 is 10.4 Å². The monoisotopic (exact) mass is 192 g/mol. The second-order valence-corrected chi connectivity index (χ2v) is 3.61. The number of hydrogen-bond donors (Lipinski definition) is 0. The SMILES string of the molecule is CCc1nc(C)cn1S(=O)(=O)F. The molecule has 0 bridgehead atoms. The largest absolute Gasteiger partial charge is 0.404 e. The van der Waals surface area contributed by atoms with Crippen LogP contribution in [-0.4, -0.2) is 17.4 Å². The third-order valence-electron chi connectivity index (χ3n) is 1.42. The molecule has 12 heavy (non-hydrogen) atoms. The van der Waals surface area contributed by atoms with Crippen molar-refractivity contribution < 1.29 is 12.3 Å². The molecule has 1 aromatic heterocycles. The van der Waals surface area contributed by atoms with E-state index in [-0.39, 0.29) is 5.82 Å². The topological polar surface area (TPSA) is 52.0 Å². The smallest absolute Gasteiger partial charge is 0.237 e. The molecular weight excluding hydrogens is 183 g/mol. The summed E-state index contributed by atoms with van der Waals surface area (Å²) >= 11 is 0. The van der Waals surface area contributed by atoms with Crippen molar-refractivity contribution >= 4 is 10.4 Å². The van der Waals surface area contributed by atoms with Gasteiger partial charge in [-0.05, 0) is 6.92 Å². The van der Waals surface area contributed by atoms with Crippen LogP contribution in [0, 0.1) is 6.92 Å². The number of hydrogen-bond acceptors (Lipinski definition) is 3. The zero-order valence-corrected chi connectivity index (χ0v) is 7.60. The second-order valence-electron chi connectivity index (χ2n) is 2.39. The van der Waals surface area contributed by atoms with Gasteiger partial charge in [0.25, 0.3) is 0 Å². The molecular formula is C6H9FN2O2S. The normalized spacial score (nSPS) is 11.9. The molecule has 0 spiro atoms. The second kappa shape index (κ2) is 2.85. The molecule has 0 amide bonds. The summed E-state index contributed by atoms with van der Waals surface area (Å²) in [6.45, 7) is 3.32. The van der Waals surface area contributed by atoms with Crippen molar-refractivity contribution in [3.05, 3.63) is 17.7 Å². The molecule has 0 saturated carbocycles. The summed E-state index contributed by atoms with van der Waals surface area (Å²) in [4.78, 5) is 3.84. The Morgan fingerprint density at radius 2 is 2.25 bits per heavy atom. The zero-order chi connectivity index (χ0) is 9.35. The quantitative estimate of drug-likeness (QED) is 0.652. The van der Waals surface area contributed by atoms with Gasteiger partial charge in [-0.2, -0.15) is 8.42 Å². The van der Waals surface area contributed by atoms with Crippen molar-refractivity contribution in [3.8, 4) is 0 Å². The molecule has 0 radical (unpaired) electrons. The van der Waals surface area contributed by atoms with Gasteiger partial charge < -0.3 is 0 Å². The van der Waals surface area contributed by atoms with Crippen LogP contribution in [0.25, 0.3) is 0 Å². The number of rotatable bonds is 2. The summed E-state index contributed by atoms with van der Waals surface area (Å²) in [6.07, 6.45) is 1.55. The molecule has 4 nitrogen and oxygen atoms in total. The van der Waals surface area contributed by atoms with Crippen molar-refractivity contribution in [1.29, 1.82) is 0 Å². The summed E-state index contributed by atoms with van der Waals surface area (Å²) in [6, 6.07) is 0. The first-order valence-corrected chi connectivity index (χ1v) is 4.79. The molecule has 0 saturated heterocycles. The van der Waals surface area contributed by atoms with E-state index in [0.29, 0.717) is 16.1 Å². The van der Waals surface area contributed by atoms with E-state index in [1.165, 1.54) is 0 Å². The van der Waals surface area contributed by atoms with Crippen LogP contribution in [0.3, 0.4) is 0 Å². The fourth-order valence-electron chi connectivity index (χ4n) is 0.950. The minimum Gasteiger partial charge on any atom is -0.237 e. The molecule has 0 N–H and O–H groups in total. The average molecular weight is 192 g/mol. The van der Waals surface area contributed by atoms with E-state index in [1.54, 1.807) is 13.8 Å². The van der Waals surface area contributed by atoms with E-state index in [9.17, 15) is 12.3 Å². The Balaban J connectivity index is 3.33. The molecule has 0 aliphatic carbocycles. The molecule has 6 heteroatoms. The van der Waals surface area contributed by atoms with Crippen LogP contribution < -0.4 is 0 Å². The van der Waals surface area contributed by atoms with E-state index >= 15 is 0 Å². The first-order chi connectivity index (χ1) is 5.45. The van der Waals surface area contributed by atoms with Crippen LogP contribution in [0.5, 0.6) is 0 Å². The summed E-state index contributed by atoms with van der Waals surface area (Å²) < 4.78 is 34.0. The van der Waals surface area contributed by atoms with Crippen LogP contribution >= 0.6 is 0 Å². The molecule has 0 unspecified atom stereocenters. The highest BCUT2D eigenvalue weighted by Crippen LogP contribution is 2.08. The summed E-state index contributed by atoms with van der Waals surface area (Å²) in [7, 11) is -4.67. The van der Waals surface area contributed by atoms with Crippen LogP contribution in [-0.2, 0) is 16.8 Å². The standard InChI is InChI=1S/C6H9FN2O2S/c1-3-6-8-5(2)4-9(6)12(7,10)11/h4H,3H2,1-2H3. The summed E-state index contributed by atoms with van der Waals surface area (Å²) in [5.74, 6) is 0.218. The number of aryl methyl sites for hydroxylation is 2. The Kier molecular flexibility index (Phi) is 2.18. The molecule has 0 aromatic carbocycles. The molecule has 1 aromatic rings. The van der Waals surface area contributed by atoms with Gasteiger partial charge in [-0.15, -0.1) is 0 Å². The van der Waals surface area contributed by atoms with Crippen molar-refractivity contribution in [1.82, 2.24) is 8.96 Å². The van der Waals surface area contributed by atoms with Gasteiger partial charge in [-0.3, -0.25) is 0 Å². The number of halogens is 1. The third kappa shape index (κ3) is 1.63. The van der Waals surface area contributed by atoms with E-state index in [0.717, 1.165) is 6.20 Å². The lowest BCUT2D eigenvalue weighted by molar-refractivity contribution is 0.538. The molecule has 1 rings (SSSR count). The summed E-state index contributed by atoms with van der Waals surface area (Å²) in [5, 5.41) is 0. The van der Waals surface area contributed by atoms with Crippen LogP contribution in [0.4, 0.5) is 3.89 Å². The fourth-order valence-corrected chi connectivity index (χ4v) is 1.65. The average Bonchev–Trinajstić information content (AvgIpc) is 2.29. The summed E-state index contributed by atoms with van der Waals surface area (Å²) in [5.41, 5.74) is 0.494. The highest BCUT2D eigenvalue weighted by molar-refractivity contribution is 7.84. The van der Waals surface area contributed by atoms with Gasteiger partial charge in [-0.25, -0.2) is 8.96 Å². The van der Waals surface area contributed by atoms with Crippen molar-refractivity contribution in [2.24, 2.45) is 0 Å². The highest BCUT2D eigenvalue weighted by atomic mass is 32.3. The zero-order valence-electron chi connectivity index (χ0n) is 6.78. The van der Waals surface area contributed by atoms with Gasteiger partial charge in [0.05, 0.1) is 5.69 Å². The highest BCUT2D eigenvalue weighted by Gasteiger charge is 2.15. The maximum absolute atomic E-state index is 12.5. The van der Waals surface area contributed by atoms with Crippen LogP contribution in [0.2, 0.25) is 0 Å². The van der Waals surface area contributed by atoms with Gasteiger partial charge in [-0.1, -0.05) is 10.8 Å². The predicted molar refractivity (Wildman–Crippen MR) is 41.8 cm³/mol. The lowest BCUT2D eigenvalue weighted by atomic mass is 10.5. The van der Waals surface area contributed by atoms with Gasteiger partial charge in [0.15, 0.2) is 0 Å². The molecule has 1 heterocycles. The molecule has 0 aliphatic heterocycles. The molecule has 0 atom stereocenters. The van der Waals surface area contributed by atoms with Crippen molar-refractivity contribution in [3.63, 3.8) is 0 Å². The number of nitrogens with zero attached hydrogens (tertiary/aromatic N) is 2. The van der Waals surface area contributed by atoms with E-state index in [4.69, 9.17) is 0 Å². The van der Waals surface area contributed by atoms with Gasteiger partial charge in [0.1, 0.15) is 5.82 Å². The number of imidazole rings is 1. The van der Waals surface area contributed by atoms with Crippen molar-refractivity contribution in [2.75, 3.05) is 0 Å². The van der Waals surface area contributed by atoms with Gasteiger partial charge in [0.2, 0.25) is 0 Å². The first kappa shape index (κ1) is 9.18. The Morgan fingerprint density at radius 3 is 2.58 bits per heavy atom. The van der Waals surface area contributed by atoms with Gasteiger partial charge >= 0.3 is 10.4 Å². The molecule has 68 valence electrons. The lowest BCUT2D eigenvalue weighted by Gasteiger charge is -1.97. The van der Waals surface area contributed by atoms with Crippen LogP contribution in [0.1, 0.15) is 18.4 Å². The Hall–Kier alpha value is -0.910. The maximum Gasteiger partial charge on any atom is 0.404 e. The van der Waals surface area contributed by atoms with E-state index in [2.05, 4.69) is 4.98 Å². The lowest BCUT2D eigenvalue weighted by Crippen LogP contribution is -2.08. The minimum atomic E-state index is -4.67. The van der Waals surface area contributed by atoms with Gasteiger partial charge in [0, 0.05) is 12.6 Å². The first-order valence-electron chi connectivity index (χ1n) is 3.45. The number of aromatic nitrogens is 2. The minimum absolute atomic E-state index is 0.218. The Bertz CT molecular complexity index is 382. The maximum atomic E-state index is 12.5. The fraction of sp³-hybridized carbons (Fsp3) is 0.500. The van der Waals surface area contributed by atoms with Crippen molar-refractivity contribution in [2.45, 2.75) is 20.3 Å².